The van der Waals surface area contributed by atoms with Crippen molar-refractivity contribution in [3.63, 3.8) is 0 Å². The van der Waals surface area contributed by atoms with Crippen LogP contribution in [0.4, 0.5) is 10.1 Å². The molecule has 3 rings (SSSR count). The van der Waals surface area contributed by atoms with Gasteiger partial charge in [-0.1, -0.05) is 30.3 Å². The van der Waals surface area contributed by atoms with Gasteiger partial charge in [-0.05, 0) is 24.3 Å². The summed E-state index contributed by atoms with van der Waals surface area (Å²) in [6.07, 6.45) is 1.64. The van der Waals surface area contributed by atoms with E-state index >= 15 is 0 Å². The second-order valence-electron chi connectivity index (χ2n) is 5.10. The summed E-state index contributed by atoms with van der Waals surface area (Å²) >= 11 is 0. The number of para-hydroxylation sites is 1. The molecule has 1 amide bonds. The van der Waals surface area contributed by atoms with Crippen LogP contribution in [0, 0.1) is 5.82 Å². The average Bonchev–Trinajstić information content (AvgIpc) is 2.85. The van der Waals surface area contributed by atoms with E-state index in [1.54, 1.807) is 22.8 Å². The number of allylic oxidation sites excluding steroid dienone is 1. The number of amides is 1. The van der Waals surface area contributed by atoms with Gasteiger partial charge in [0.05, 0.1) is 5.52 Å². The van der Waals surface area contributed by atoms with E-state index < -0.39 is 11.7 Å². The van der Waals surface area contributed by atoms with Crippen LogP contribution >= 0.6 is 0 Å². The molecule has 0 fully saturated rings. The summed E-state index contributed by atoms with van der Waals surface area (Å²) in [5, 5.41) is 18.5. The van der Waals surface area contributed by atoms with E-state index in [1.807, 2.05) is 12.1 Å². The lowest BCUT2D eigenvalue weighted by molar-refractivity contribution is 0.0994. The second-order valence-corrected chi connectivity index (χ2v) is 5.10. The summed E-state index contributed by atoms with van der Waals surface area (Å²) in [5.41, 5.74) is 1.03. The largest absolute Gasteiger partial charge is 0.493 e. The molecule has 0 radical (unpaired) electrons. The molecule has 120 valence electrons. The first kappa shape index (κ1) is 15.6. The Balaban J connectivity index is 2.02. The van der Waals surface area contributed by atoms with Gasteiger partial charge in [-0.15, -0.1) is 16.8 Å². The van der Waals surface area contributed by atoms with E-state index in [0.717, 1.165) is 11.6 Å². The van der Waals surface area contributed by atoms with Crippen LogP contribution in [0.25, 0.3) is 10.9 Å². The summed E-state index contributed by atoms with van der Waals surface area (Å²) < 4.78 is 14.8. The number of aromatic nitrogens is 1. The second kappa shape index (κ2) is 6.45. The Labute approximate surface area is 137 Å². The van der Waals surface area contributed by atoms with Gasteiger partial charge in [-0.25, -0.2) is 4.39 Å². The van der Waals surface area contributed by atoms with Crippen molar-refractivity contribution in [3.05, 3.63) is 72.6 Å². The summed E-state index contributed by atoms with van der Waals surface area (Å²) in [5.74, 6) is -1.32. The third-order valence-electron chi connectivity index (χ3n) is 3.54. The zero-order chi connectivity index (χ0) is 17.1. The number of halogens is 1. The zero-order valence-corrected chi connectivity index (χ0v) is 12.7. The van der Waals surface area contributed by atoms with Crippen molar-refractivity contribution in [2.24, 2.45) is 10.2 Å². The predicted molar refractivity (Wildman–Crippen MR) is 89.0 cm³/mol. The van der Waals surface area contributed by atoms with Gasteiger partial charge >= 0.3 is 0 Å². The lowest BCUT2D eigenvalue weighted by atomic mass is 10.2. The van der Waals surface area contributed by atoms with Crippen LogP contribution in [0.15, 0.2) is 71.4 Å². The van der Waals surface area contributed by atoms with Gasteiger partial charge in [-0.2, -0.15) is 0 Å². The highest BCUT2D eigenvalue weighted by atomic mass is 19.1. The molecule has 0 saturated heterocycles. The highest BCUT2D eigenvalue weighted by Crippen LogP contribution is 2.38. The number of fused-ring (bicyclic) bond motifs is 1. The van der Waals surface area contributed by atoms with E-state index in [1.165, 1.54) is 18.2 Å². The van der Waals surface area contributed by atoms with Gasteiger partial charge in [0, 0.05) is 17.5 Å². The molecule has 5 nitrogen and oxygen atoms in total. The van der Waals surface area contributed by atoms with Crippen molar-refractivity contribution >= 4 is 22.5 Å². The summed E-state index contributed by atoms with van der Waals surface area (Å²) in [6.45, 7) is 4.05. The number of benzene rings is 2. The number of nitrogens with zero attached hydrogens (tertiary/aromatic N) is 3. The first-order valence-corrected chi connectivity index (χ1v) is 7.24. The van der Waals surface area contributed by atoms with Gasteiger partial charge in [0.15, 0.2) is 5.69 Å². The predicted octanol–water partition coefficient (Wildman–Crippen LogP) is 4.60. The van der Waals surface area contributed by atoms with Crippen LogP contribution in [0.2, 0.25) is 0 Å². The van der Waals surface area contributed by atoms with Gasteiger partial charge < -0.3 is 9.67 Å². The van der Waals surface area contributed by atoms with E-state index in [9.17, 15) is 14.3 Å². The monoisotopic (exact) mass is 323 g/mol. The normalized spacial score (nSPS) is 11.2. The van der Waals surface area contributed by atoms with Crippen molar-refractivity contribution in [2.75, 3.05) is 0 Å². The highest BCUT2D eigenvalue weighted by Gasteiger charge is 2.16. The van der Waals surface area contributed by atoms with Gasteiger partial charge in [0.1, 0.15) is 5.82 Å². The third-order valence-corrected chi connectivity index (χ3v) is 3.54. The summed E-state index contributed by atoms with van der Waals surface area (Å²) in [4.78, 5) is 12.0. The molecule has 1 heterocycles. The Morgan fingerprint density at radius 2 is 2.04 bits per heavy atom. The van der Waals surface area contributed by atoms with E-state index in [4.69, 9.17) is 0 Å². The molecule has 6 heteroatoms. The fourth-order valence-electron chi connectivity index (χ4n) is 2.46. The Hall–Kier alpha value is -3.28. The van der Waals surface area contributed by atoms with Gasteiger partial charge in [-0.3, -0.25) is 4.79 Å². The first-order valence-electron chi connectivity index (χ1n) is 7.24. The average molecular weight is 323 g/mol. The maximum Gasteiger partial charge on any atom is 0.295 e. The van der Waals surface area contributed by atoms with E-state index in [0.29, 0.717) is 11.9 Å². The smallest absolute Gasteiger partial charge is 0.295 e. The molecular formula is C18H14FN3O2. The van der Waals surface area contributed by atoms with Crippen LogP contribution < -0.4 is 0 Å². The van der Waals surface area contributed by atoms with E-state index in [2.05, 4.69) is 16.8 Å². The molecule has 0 aliphatic heterocycles. The molecule has 0 atom stereocenters. The van der Waals surface area contributed by atoms with Crippen LogP contribution in [-0.2, 0) is 6.54 Å². The van der Waals surface area contributed by atoms with Crippen molar-refractivity contribution in [3.8, 4) is 5.88 Å². The fraction of sp³-hybridized carbons (Fsp3) is 0.0556. The number of carbonyl (C=O) groups is 1. The van der Waals surface area contributed by atoms with Crippen molar-refractivity contribution in [2.45, 2.75) is 6.54 Å². The van der Waals surface area contributed by atoms with Crippen molar-refractivity contribution in [1.82, 2.24) is 4.57 Å². The molecule has 0 bridgehead atoms. The lowest BCUT2D eigenvalue weighted by Gasteiger charge is -2.01. The maximum absolute atomic E-state index is 13.2. The molecule has 1 N–H and O–H groups in total. The van der Waals surface area contributed by atoms with Crippen LogP contribution in [-0.4, -0.2) is 15.6 Å². The minimum atomic E-state index is -0.686. The number of rotatable bonds is 4. The van der Waals surface area contributed by atoms with Crippen LogP contribution in [0.3, 0.4) is 0 Å². The molecule has 3 aromatic rings. The molecular weight excluding hydrogens is 309 g/mol. The van der Waals surface area contributed by atoms with E-state index in [-0.39, 0.29) is 17.1 Å². The molecule has 0 saturated carbocycles. The lowest BCUT2D eigenvalue weighted by Crippen LogP contribution is -1.94. The van der Waals surface area contributed by atoms with Crippen molar-refractivity contribution in [1.29, 1.82) is 0 Å². The van der Waals surface area contributed by atoms with Crippen LogP contribution in [0.1, 0.15) is 10.4 Å². The number of hydrogen-bond donors (Lipinski definition) is 1. The molecule has 1 aromatic heterocycles. The van der Waals surface area contributed by atoms with Crippen molar-refractivity contribution < 1.29 is 14.3 Å². The standard InChI is InChI=1S/C18H14FN3O2/c1-2-10-22-15-9-4-3-8-14(15)16(18(22)24)20-21-17(23)12-6-5-7-13(19)11-12/h2-9,11,24H,1,10H2. The third kappa shape index (κ3) is 2.81. The summed E-state index contributed by atoms with van der Waals surface area (Å²) in [6, 6.07) is 12.4. The molecule has 0 spiro atoms. The Morgan fingerprint density at radius 3 is 2.79 bits per heavy atom. The quantitative estimate of drug-likeness (QED) is 0.563. The summed E-state index contributed by atoms with van der Waals surface area (Å²) in [7, 11) is 0. The Morgan fingerprint density at radius 1 is 1.25 bits per heavy atom. The molecule has 2 aromatic carbocycles. The number of hydrogen-bond acceptors (Lipinski definition) is 3. The van der Waals surface area contributed by atoms with Gasteiger partial charge in [0.25, 0.3) is 5.91 Å². The fourth-order valence-corrected chi connectivity index (χ4v) is 2.46. The maximum atomic E-state index is 13.2. The minimum absolute atomic E-state index is 0.0908. The minimum Gasteiger partial charge on any atom is -0.493 e. The van der Waals surface area contributed by atoms with Gasteiger partial charge in [0.2, 0.25) is 5.88 Å². The molecule has 0 unspecified atom stereocenters. The molecule has 24 heavy (non-hydrogen) atoms. The SMILES string of the molecule is C=CCn1c(O)c(N=NC(=O)c2cccc(F)c2)c2ccccc21. The number of carbonyl (C=O) groups excluding carboxylic acids is 1. The molecule has 0 aliphatic carbocycles. The Kier molecular flexibility index (Phi) is 4.20. The number of azo groups is 1. The highest BCUT2D eigenvalue weighted by molar-refractivity contribution is 5.97. The number of aromatic hydroxyl groups is 1. The first-order chi connectivity index (χ1) is 11.6. The van der Waals surface area contributed by atoms with Crippen LogP contribution in [0.5, 0.6) is 5.88 Å². The Bertz CT molecular complexity index is 960. The molecule has 0 aliphatic rings. The zero-order valence-electron chi connectivity index (χ0n) is 12.7. The topological polar surface area (TPSA) is 66.9 Å².